The molecular formula is C25H36O4. The minimum absolute atomic E-state index is 0.190. The highest BCUT2D eigenvalue weighted by Crippen LogP contribution is 2.40. The van der Waals surface area contributed by atoms with E-state index in [-0.39, 0.29) is 11.8 Å². The van der Waals surface area contributed by atoms with Crippen LogP contribution in [-0.2, 0) is 27.2 Å². The second-order valence-corrected chi connectivity index (χ2v) is 8.23. The number of ketones is 1. The van der Waals surface area contributed by atoms with Crippen LogP contribution in [0.1, 0.15) is 75.8 Å². The fourth-order valence-electron chi connectivity index (χ4n) is 4.21. The van der Waals surface area contributed by atoms with Crippen molar-refractivity contribution in [2.24, 2.45) is 5.41 Å². The molecule has 0 radical (unpaired) electrons. The van der Waals surface area contributed by atoms with E-state index in [0.29, 0.717) is 19.3 Å². The lowest BCUT2D eigenvalue weighted by molar-refractivity contribution is -0.140. The summed E-state index contributed by atoms with van der Waals surface area (Å²) in [5.41, 5.74) is 1.84. The summed E-state index contributed by atoms with van der Waals surface area (Å²) in [6.07, 6.45) is 12.3. The van der Waals surface area contributed by atoms with Gasteiger partial charge in [-0.25, -0.2) is 0 Å². The van der Waals surface area contributed by atoms with E-state index in [0.717, 1.165) is 56.9 Å². The third-order valence-electron chi connectivity index (χ3n) is 6.00. The zero-order chi connectivity index (χ0) is 21.1. The molecule has 0 heterocycles. The number of unbranched alkanes of at least 4 members (excludes halogenated alkanes) is 2. The van der Waals surface area contributed by atoms with Crippen molar-refractivity contribution in [3.05, 3.63) is 47.5 Å². The van der Waals surface area contributed by atoms with Crippen LogP contribution in [-0.4, -0.2) is 30.1 Å². The number of hydrogen-bond donors (Lipinski definition) is 1. The Morgan fingerprint density at radius 1 is 1.24 bits per heavy atom. The molecule has 1 aliphatic carbocycles. The predicted octanol–water partition coefficient (Wildman–Crippen LogP) is 4.96. The monoisotopic (exact) mass is 400 g/mol. The van der Waals surface area contributed by atoms with Crippen LogP contribution >= 0.6 is 0 Å². The molecule has 1 aromatic carbocycles. The Kier molecular flexibility index (Phi) is 9.59. The van der Waals surface area contributed by atoms with Gasteiger partial charge in [0, 0.05) is 12.8 Å². The zero-order valence-corrected chi connectivity index (χ0v) is 18.0. The van der Waals surface area contributed by atoms with E-state index in [2.05, 4.69) is 19.1 Å². The Hall–Kier alpha value is -1.94. The number of carbonyl (C=O) groups is 2. The Morgan fingerprint density at radius 3 is 2.66 bits per heavy atom. The van der Waals surface area contributed by atoms with Crippen molar-refractivity contribution in [3.8, 4) is 0 Å². The minimum atomic E-state index is -0.510. The number of Topliss-reactive ketones (excluding diaryl/α,β-unsaturated/α-hetero) is 1. The van der Waals surface area contributed by atoms with Gasteiger partial charge in [0.25, 0.3) is 0 Å². The van der Waals surface area contributed by atoms with Crippen LogP contribution in [0.25, 0.3) is 0 Å². The number of carbonyl (C=O) groups excluding carboxylic acids is 2. The van der Waals surface area contributed by atoms with E-state index in [1.807, 2.05) is 24.3 Å². The highest BCUT2D eigenvalue weighted by molar-refractivity contribution is 5.89. The molecule has 2 atom stereocenters. The van der Waals surface area contributed by atoms with Crippen molar-refractivity contribution in [1.29, 1.82) is 0 Å². The number of aliphatic hydroxyl groups is 1. The number of aliphatic hydroxyl groups excluding tert-OH is 1. The van der Waals surface area contributed by atoms with Crippen molar-refractivity contribution in [2.45, 2.75) is 83.7 Å². The third-order valence-corrected chi connectivity index (χ3v) is 6.00. The van der Waals surface area contributed by atoms with Gasteiger partial charge in [0.15, 0.2) is 0 Å². The molecule has 0 unspecified atom stereocenters. The Balaban J connectivity index is 2.10. The maximum absolute atomic E-state index is 12.8. The Bertz CT molecular complexity index is 694. The number of aryl methyl sites for hydroxylation is 1. The smallest absolute Gasteiger partial charge is 0.305 e. The summed E-state index contributed by atoms with van der Waals surface area (Å²) >= 11 is 0. The number of methoxy groups -OCH3 is 1. The first-order valence-corrected chi connectivity index (χ1v) is 11.0. The normalized spacial score (nSPS) is 20.3. The lowest BCUT2D eigenvalue weighted by atomic mass is 9.77. The fraction of sp³-hybridized carbons (Fsp3) is 0.600. The number of benzene rings is 1. The first-order valence-electron chi connectivity index (χ1n) is 11.0. The standard InChI is InChI=1S/C25H36O4/c1-3-4-5-13-22(26)16-18-25(17-9-14-23(25)27)19-21-11-7-6-10-20(21)12-8-15-24(28)29-2/h6-7,10-11,16,18,22,26H,3-5,8-9,12-15,17,19H2,1-2H3/b18-16+/t22-,25-/m0/s1. The SMILES string of the molecule is CCCCC[C@H](O)/C=C/[C@]1(Cc2ccccc2CCCC(=O)OC)CCCC1=O. The molecule has 4 heteroatoms. The highest BCUT2D eigenvalue weighted by atomic mass is 16.5. The maximum atomic E-state index is 12.8. The van der Waals surface area contributed by atoms with E-state index >= 15 is 0 Å². The van der Waals surface area contributed by atoms with Crippen LogP contribution < -0.4 is 0 Å². The first kappa shape index (κ1) is 23.3. The first-order chi connectivity index (χ1) is 14.0. The molecule has 0 amide bonds. The third kappa shape index (κ3) is 7.11. The molecule has 4 nitrogen and oxygen atoms in total. The van der Waals surface area contributed by atoms with Crippen molar-refractivity contribution < 1.29 is 19.4 Å². The quantitative estimate of drug-likeness (QED) is 0.306. The molecule has 1 aliphatic rings. The fourth-order valence-corrected chi connectivity index (χ4v) is 4.21. The predicted molar refractivity (Wildman–Crippen MR) is 116 cm³/mol. The molecule has 29 heavy (non-hydrogen) atoms. The minimum Gasteiger partial charge on any atom is -0.469 e. The van der Waals surface area contributed by atoms with Crippen LogP contribution in [0.2, 0.25) is 0 Å². The second kappa shape index (κ2) is 11.9. The van der Waals surface area contributed by atoms with Crippen LogP contribution in [0, 0.1) is 5.41 Å². The Labute approximate surface area is 175 Å². The summed E-state index contributed by atoms with van der Waals surface area (Å²) in [7, 11) is 1.41. The summed E-state index contributed by atoms with van der Waals surface area (Å²) in [6, 6.07) is 8.19. The number of rotatable bonds is 12. The van der Waals surface area contributed by atoms with E-state index < -0.39 is 11.5 Å². The highest BCUT2D eigenvalue weighted by Gasteiger charge is 2.40. The molecule has 160 valence electrons. The van der Waals surface area contributed by atoms with Crippen molar-refractivity contribution in [2.75, 3.05) is 7.11 Å². The van der Waals surface area contributed by atoms with Crippen molar-refractivity contribution in [3.63, 3.8) is 0 Å². The van der Waals surface area contributed by atoms with Gasteiger partial charge in [0.05, 0.1) is 18.6 Å². The number of hydrogen-bond acceptors (Lipinski definition) is 4. The molecule has 1 saturated carbocycles. The number of esters is 1. The van der Waals surface area contributed by atoms with E-state index in [9.17, 15) is 14.7 Å². The van der Waals surface area contributed by atoms with Gasteiger partial charge in [-0.15, -0.1) is 0 Å². The van der Waals surface area contributed by atoms with E-state index in [1.54, 1.807) is 0 Å². The zero-order valence-electron chi connectivity index (χ0n) is 18.0. The summed E-state index contributed by atoms with van der Waals surface area (Å²) in [5.74, 6) is 0.0868. The summed E-state index contributed by atoms with van der Waals surface area (Å²) < 4.78 is 4.73. The average Bonchev–Trinajstić information content (AvgIpc) is 3.08. The van der Waals surface area contributed by atoms with E-state index in [1.165, 1.54) is 12.7 Å². The van der Waals surface area contributed by atoms with Crippen molar-refractivity contribution >= 4 is 11.8 Å². The molecule has 0 aromatic heterocycles. The molecule has 0 bridgehead atoms. The van der Waals surface area contributed by atoms with Crippen LogP contribution in [0.3, 0.4) is 0 Å². The molecule has 2 rings (SSSR count). The van der Waals surface area contributed by atoms with Gasteiger partial charge < -0.3 is 9.84 Å². The summed E-state index contributed by atoms with van der Waals surface area (Å²) in [5, 5.41) is 10.3. The van der Waals surface area contributed by atoms with Gasteiger partial charge in [-0.05, 0) is 49.7 Å². The molecule has 1 N–H and O–H groups in total. The van der Waals surface area contributed by atoms with Gasteiger partial charge >= 0.3 is 5.97 Å². The number of allylic oxidation sites excluding steroid dienone is 1. The molecule has 0 spiro atoms. The van der Waals surface area contributed by atoms with Gasteiger partial charge in [-0.2, -0.15) is 0 Å². The lowest BCUT2D eigenvalue weighted by Crippen LogP contribution is -2.27. The average molecular weight is 401 g/mol. The van der Waals surface area contributed by atoms with Crippen LogP contribution in [0.5, 0.6) is 0 Å². The van der Waals surface area contributed by atoms with Gasteiger partial charge in [-0.3, -0.25) is 9.59 Å². The van der Waals surface area contributed by atoms with Gasteiger partial charge in [0.1, 0.15) is 5.78 Å². The largest absolute Gasteiger partial charge is 0.469 e. The number of ether oxygens (including phenoxy) is 1. The lowest BCUT2D eigenvalue weighted by Gasteiger charge is -2.25. The second-order valence-electron chi connectivity index (χ2n) is 8.23. The topological polar surface area (TPSA) is 63.6 Å². The van der Waals surface area contributed by atoms with Crippen LogP contribution in [0.15, 0.2) is 36.4 Å². The van der Waals surface area contributed by atoms with Crippen molar-refractivity contribution in [1.82, 2.24) is 0 Å². The van der Waals surface area contributed by atoms with Gasteiger partial charge in [-0.1, -0.05) is 62.6 Å². The van der Waals surface area contributed by atoms with Gasteiger partial charge in [0.2, 0.25) is 0 Å². The molecule has 1 fully saturated rings. The Morgan fingerprint density at radius 2 is 2.00 bits per heavy atom. The summed E-state index contributed by atoms with van der Waals surface area (Å²) in [4.78, 5) is 24.2. The maximum Gasteiger partial charge on any atom is 0.305 e. The molecule has 1 aromatic rings. The molecule has 0 aliphatic heterocycles. The molecule has 0 saturated heterocycles. The summed E-state index contributed by atoms with van der Waals surface area (Å²) in [6.45, 7) is 2.15. The molecular weight excluding hydrogens is 364 g/mol. The van der Waals surface area contributed by atoms with E-state index in [4.69, 9.17) is 4.74 Å². The van der Waals surface area contributed by atoms with Crippen LogP contribution in [0.4, 0.5) is 0 Å².